The van der Waals surface area contributed by atoms with E-state index < -0.39 is 0 Å². The molecule has 0 aromatic heterocycles. The maximum absolute atomic E-state index is 10.2. The lowest BCUT2D eigenvalue weighted by Gasteiger charge is -2.52. The Morgan fingerprint density at radius 3 is 2.64 bits per heavy atom. The molecule has 0 amide bonds. The molecule has 2 bridgehead atoms. The van der Waals surface area contributed by atoms with Crippen LogP contribution < -0.4 is 0 Å². The first-order valence-electron chi connectivity index (χ1n) is 6.25. The summed E-state index contributed by atoms with van der Waals surface area (Å²) in [5.74, 6) is 1.29. The fraction of sp³-hybridized carbons (Fsp3) is 1.00. The lowest BCUT2D eigenvalue weighted by atomic mass is 9.53. The van der Waals surface area contributed by atoms with Gasteiger partial charge in [-0.3, -0.25) is 0 Å². The molecule has 14 heavy (non-hydrogen) atoms. The molecule has 0 radical (unpaired) electrons. The second-order valence-electron chi connectivity index (χ2n) is 6.53. The van der Waals surface area contributed by atoms with Crippen LogP contribution in [0.1, 0.15) is 52.4 Å². The summed E-state index contributed by atoms with van der Waals surface area (Å²) in [6.45, 7) is 4.89. The van der Waals surface area contributed by atoms with Gasteiger partial charge in [0, 0.05) is 0 Å². The van der Waals surface area contributed by atoms with Gasteiger partial charge in [-0.15, -0.1) is 0 Å². The number of fused-ring (bicyclic) bond motifs is 1. The van der Waals surface area contributed by atoms with Gasteiger partial charge < -0.3 is 5.11 Å². The van der Waals surface area contributed by atoms with Gasteiger partial charge in [-0.1, -0.05) is 20.3 Å². The third-order valence-corrected chi connectivity index (χ3v) is 5.86. The molecule has 3 saturated carbocycles. The molecule has 4 unspecified atom stereocenters. The molecule has 1 spiro atoms. The first-order chi connectivity index (χ1) is 6.57. The summed E-state index contributed by atoms with van der Waals surface area (Å²) in [5.41, 5.74) is 1.01. The molecular weight excluding hydrogens is 172 g/mol. The van der Waals surface area contributed by atoms with E-state index in [2.05, 4.69) is 13.8 Å². The van der Waals surface area contributed by atoms with E-state index in [0.29, 0.717) is 22.7 Å². The molecular formula is C13H22O. The Morgan fingerprint density at radius 1 is 1.14 bits per heavy atom. The monoisotopic (exact) mass is 194 g/mol. The Labute approximate surface area is 86.9 Å². The molecule has 1 heteroatoms. The van der Waals surface area contributed by atoms with Crippen molar-refractivity contribution in [2.45, 2.75) is 58.5 Å². The Hall–Kier alpha value is -0.0400. The molecule has 1 nitrogen and oxygen atoms in total. The van der Waals surface area contributed by atoms with Crippen molar-refractivity contribution in [1.29, 1.82) is 0 Å². The maximum Gasteiger partial charge on any atom is 0.0602 e. The van der Waals surface area contributed by atoms with Crippen molar-refractivity contribution in [3.63, 3.8) is 0 Å². The highest BCUT2D eigenvalue weighted by Gasteiger charge is 2.63. The van der Waals surface area contributed by atoms with E-state index in [4.69, 9.17) is 0 Å². The fourth-order valence-electron chi connectivity index (χ4n) is 4.98. The van der Waals surface area contributed by atoms with Crippen molar-refractivity contribution in [3.8, 4) is 0 Å². The molecule has 3 fully saturated rings. The van der Waals surface area contributed by atoms with Crippen LogP contribution in [-0.4, -0.2) is 11.2 Å². The smallest absolute Gasteiger partial charge is 0.0602 e. The Kier molecular flexibility index (Phi) is 1.68. The molecule has 0 heterocycles. The summed E-state index contributed by atoms with van der Waals surface area (Å²) in [7, 11) is 0. The van der Waals surface area contributed by atoms with Gasteiger partial charge in [-0.25, -0.2) is 0 Å². The number of aliphatic hydroxyl groups excluding tert-OH is 1. The molecule has 3 rings (SSSR count). The Balaban J connectivity index is 2.03. The number of aliphatic hydroxyl groups is 1. The van der Waals surface area contributed by atoms with Gasteiger partial charge >= 0.3 is 0 Å². The predicted octanol–water partition coefficient (Wildman–Crippen LogP) is 2.97. The first-order valence-corrected chi connectivity index (χ1v) is 6.25. The zero-order chi connectivity index (χ0) is 9.97. The Bertz CT molecular complexity index is 258. The van der Waals surface area contributed by atoms with Gasteiger partial charge in [0.2, 0.25) is 0 Å². The highest BCUT2D eigenvalue weighted by Crippen LogP contribution is 2.69. The lowest BCUT2D eigenvalue weighted by molar-refractivity contribution is -0.0695. The number of hydrogen-bond donors (Lipinski definition) is 1. The van der Waals surface area contributed by atoms with E-state index >= 15 is 0 Å². The van der Waals surface area contributed by atoms with Crippen molar-refractivity contribution in [2.24, 2.45) is 22.7 Å². The van der Waals surface area contributed by atoms with E-state index in [1.807, 2.05) is 0 Å². The van der Waals surface area contributed by atoms with E-state index in [0.717, 1.165) is 0 Å². The van der Waals surface area contributed by atoms with Gasteiger partial charge in [-0.2, -0.15) is 0 Å². The topological polar surface area (TPSA) is 20.2 Å². The molecule has 1 N–H and O–H groups in total. The van der Waals surface area contributed by atoms with Crippen molar-refractivity contribution in [2.75, 3.05) is 0 Å². The zero-order valence-corrected chi connectivity index (χ0v) is 9.42. The third-order valence-electron chi connectivity index (χ3n) is 5.86. The minimum Gasteiger partial charge on any atom is -0.393 e. The van der Waals surface area contributed by atoms with E-state index in [9.17, 15) is 5.11 Å². The number of hydrogen-bond acceptors (Lipinski definition) is 1. The van der Waals surface area contributed by atoms with Gasteiger partial charge in [0.1, 0.15) is 0 Å². The molecule has 3 aliphatic rings. The van der Waals surface area contributed by atoms with Gasteiger partial charge in [0.05, 0.1) is 6.10 Å². The van der Waals surface area contributed by atoms with Crippen LogP contribution >= 0.6 is 0 Å². The average Bonchev–Trinajstić information content (AvgIpc) is 2.64. The average molecular weight is 194 g/mol. The van der Waals surface area contributed by atoms with Gasteiger partial charge in [0.25, 0.3) is 0 Å². The number of rotatable bonds is 0. The molecule has 3 aliphatic carbocycles. The largest absolute Gasteiger partial charge is 0.393 e. The van der Waals surface area contributed by atoms with Crippen molar-refractivity contribution in [1.82, 2.24) is 0 Å². The van der Waals surface area contributed by atoms with Gasteiger partial charge in [-0.05, 0) is 54.8 Å². The zero-order valence-electron chi connectivity index (χ0n) is 9.42. The standard InChI is InChI=1S/C13H22O/c1-12(2)6-3-4-10-11(14)9-5-7-13(10,12)8-9/h9-11,14H,3-8H2,1-2H3. The van der Waals surface area contributed by atoms with Crippen LogP contribution in [0.25, 0.3) is 0 Å². The van der Waals surface area contributed by atoms with E-state index in [1.54, 1.807) is 0 Å². The molecule has 0 aromatic carbocycles. The van der Waals surface area contributed by atoms with Crippen LogP contribution in [0.4, 0.5) is 0 Å². The molecule has 80 valence electrons. The third kappa shape index (κ3) is 0.856. The minimum atomic E-state index is 0.0447. The van der Waals surface area contributed by atoms with Crippen molar-refractivity contribution < 1.29 is 5.11 Å². The maximum atomic E-state index is 10.2. The summed E-state index contributed by atoms with van der Waals surface area (Å²) in [5, 5.41) is 10.2. The highest BCUT2D eigenvalue weighted by atomic mass is 16.3. The molecule has 0 aromatic rings. The second kappa shape index (κ2) is 2.55. The van der Waals surface area contributed by atoms with Crippen LogP contribution in [-0.2, 0) is 0 Å². The molecule has 4 atom stereocenters. The normalized spacial score (nSPS) is 54.6. The van der Waals surface area contributed by atoms with Crippen LogP contribution in [0.3, 0.4) is 0 Å². The lowest BCUT2D eigenvalue weighted by Crippen LogP contribution is -2.47. The second-order valence-corrected chi connectivity index (χ2v) is 6.53. The predicted molar refractivity (Wildman–Crippen MR) is 56.9 cm³/mol. The summed E-state index contributed by atoms with van der Waals surface area (Å²) in [6.07, 6.45) is 8.07. The highest BCUT2D eigenvalue weighted by molar-refractivity contribution is 5.13. The van der Waals surface area contributed by atoms with Gasteiger partial charge in [0.15, 0.2) is 0 Å². The van der Waals surface area contributed by atoms with Crippen LogP contribution in [0.2, 0.25) is 0 Å². The molecule has 0 saturated heterocycles. The van der Waals surface area contributed by atoms with Crippen LogP contribution in [0.15, 0.2) is 0 Å². The fourth-order valence-corrected chi connectivity index (χ4v) is 4.98. The van der Waals surface area contributed by atoms with E-state index in [1.165, 1.54) is 38.5 Å². The summed E-state index contributed by atoms with van der Waals surface area (Å²) < 4.78 is 0. The summed E-state index contributed by atoms with van der Waals surface area (Å²) >= 11 is 0. The van der Waals surface area contributed by atoms with Crippen molar-refractivity contribution >= 4 is 0 Å². The quantitative estimate of drug-likeness (QED) is 0.628. The van der Waals surface area contributed by atoms with Crippen molar-refractivity contribution in [3.05, 3.63) is 0 Å². The molecule has 0 aliphatic heterocycles. The van der Waals surface area contributed by atoms with E-state index in [-0.39, 0.29) is 6.10 Å². The Morgan fingerprint density at radius 2 is 1.93 bits per heavy atom. The summed E-state index contributed by atoms with van der Waals surface area (Å²) in [4.78, 5) is 0. The van der Waals surface area contributed by atoms with Crippen LogP contribution in [0.5, 0.6) is 0 Å². The van der Waals surface area contributed by atoms with Crippen LogP contribution in [0, 0.1) is 22.7 Å². The minimum absolute atomic E-state index is 0.0447. The SMILES string of the molecule is CC1(C)CCCC2C(O)C3CCC21C3. The first kappa shape index (κ1) is 9.21. The summed E-state index contributed by atoms with van der Waals surface area (Å²) in [6, 6.07) is 0.